The van der Waals surface area contributed by atoms with Crippen LogP contribution in [-0.4, -0.2) is 41.3 Å². The molecule has 23 heavy (non-hydrogen) atoms. The van der Waals surface area contributed by atoms with Gasteiger partial charge in [0.2, 0.25) is 5.88 Å². The van der Waals surface area contributed by atoms with E-state index in [1.54, 1.807) is 23.2 Å². The highest BCUT2D eigenvalue weighted by Gasteiger charge is 2.28. The molecule has 0 saturated carbocycles. The number of rotatable bonds is 3. The number of nitrogens with zero attached hydrogens (tertiary/aromatic N) is 3. The Balaban J connectivity index is 1.89. The summed E-state index contributed by atoms with van der Waals surface area (Å²) in [5, 5.41) is 9.04. The summed E-state index contributed by atoms with van der Waals surface area (Å²) < 4.78 is 11.1. The van der Waals surface area contributed by atoms with Crippen LogP contribution in [0.25, 0.3) is 0 Å². The van der Waals surface area contributed by atoms with Crippen LogP contribution in [-0.2, 0) is 4.74 Å². The molecule has 1 atom stereocenters. The normalized spacial score (nSPS) is 18.2. The molecule has 0 aliphatic carbocycles. The minimum absolute atomic E-state index is 0.213. The second kappa shape index (κ2) is 7.32. The lowest BCUT2D eigenvalue weighted by molar-refractivity contribution is 0.0138. The van der Waals surface area contributed by atoms with E-state index in [4.69, 9.17) is 14.7 Å². The van der Waals surface area contributed by atoms with Gasteiger partial charge in [-0.15, -0.1) is 0 Å². The monoisotopic (exact) mass is 317 g/mol. The summed E-state index contributed by atoms with van der Waals surface area (Å²) in [7, 11) is 0. The summed E-state index contributed by atoms with van der Waals surface area (Å²) in [5.41, 5.74) is -0.0665. The lowest BCUT2D eigenvalue weighted by Crippen LogP contribution is -2.44. The molecule has 2 rings (SSSR count). The van der Waals surface area contributed by atoms with Crippen molar-refractivity contribution in [3.8, 4) is 11.9 Å². The van der Waals surface area contributed by atoms with E-state index in [0.29, 0.717) is 31.1 Å². The maximum atomic E-state index is 12.1. The van der Waals surface area contributed by atoms with Gasteiger partial charge in [0.1, 0.15) is 17.2 Å². The minimum atomic E-state index is -0.490. The van der Waals surface area contributed by atoms with Gasteiger partial charge in [-0.3, -0.25) is 0 Å². The molecule has 0 aromatic carbocycles. The maximum Gasteiger partial charge on any atom is 0.410 e. The summed E-state index contributed by atoms with van der Waals surface area (Å²) >= 11 is 0. The molecule has 1 aliphatic rings. The fourth-order valence-electron chi connectivity index (χ4n) is 2.48. The number of carbonyl (C=O) groups excluding carboxylic acids is 1. The third-order valence-electron chi connectivity index (χ3n) is 3.52. The van der Waals surface area contributed by atoms with Crippen molar-refractivity contribution in [1.29, 1.82) is 5.26 Å². The minimum Gasteiger partial charge on any atom is -0.476 e. The van der Waals surface area contributed by atoms with Gasteiger partial charge in [0.15, 0.2) is 0 Å². The van der Waals surface area contributed by atoms with Crippen LogP contribution in [0.4, 0.5) is 4.79 Å². The molecule has 0 radical (unpaired) electrons. The number of hydrogen-bond acceptors (Lipinski definition) is 5. The van der Waals surface area contributed by atoms with Crippen LogP contribution < -0.4 is 4.74 Å². The molecular weight excluding hydrogens is 294 g/mol. The Kier molecular flexibility index (Phi) is 5.43. The number of ether oxygens (including phenoxy) is 2. The number of likely N-dealkylation sites (tertiary alicyclic amines) is 1. The van der Waals surface area contributed by atoms with Crippen LogP contribution in [0.2, 0.25) is 0 Å². The summed E-state index contributed by atoms with van der Waals surface area (Å²) in [6.45, 7) is 7.33. The van der Waals surface area contributed by atoms with Crippen molar-refractivity contribution in [3.63, 3.8) is 0 Å². The van der Waals surface area contributed by atoms with Crippen LogP contribution in [0, 0.1) is 17.2 Å². The predicted molar refractivity (Wildman–Crippen MR) is 85.0 cm³/mol. The molecule has 1 aromatic heterocycles. The zero-order valence-corrected chi connectivity index (χ0v) is 13.9. The quantitative estimate of drug-likeness (QED) is 0.856. The second-order valence-corrected chi connectivity index (χ2v) is 6.71. The molecule has 2 heterocycles. The number of amides is 1. The standard InChI is InChI=1S/C17H23N3O3/c1-17(2,3)23-16(21)20-9-5-6-13(11-20)12-22-15-14(10-18)7-4-8-19-15/h4,7-8,13H,5-6,9,11-12H2,1-3H3. The molecule has 1 aliphatic heterocycles. The summed E-state index contributed by atoms with van der Waals surface area (Å²) in [4.78, 5) is 18.0. The highest BCUT2D eigenvalue weighted by molar-refractivity contribution is 5.68. The third-order valence-corrected chi connectivity index (χ3v) is 3.52. The number of aromatic nitrogens is 1. The van der Waals surface area contributed by atoms with Crippen molar-refractivity contribution < 1.29 is 14.3 Å². The lowest BCUT2D eigenvalue weighted by atomic mass is 9.99. The molecule has 1 aromatic rings. The molecule has 1 unspecified atom stereocenters. The van der Waals surface area contributed by atoms with E-state index >= 15 is 0 Å². The molecule has 0 bridgehead atoms. The third kappa shape index (κ3) is 5.13. The van der Waals surface area contributed by atoms with Crippen molar-refractivity contribution in [1.82, 2.24) is 9.88 Å². The number of nitriles is 1. The highest BCUT2D eigenvalue weighted by Crippen LogP contribution is 2.21. The first-order valence-corrected chi connectivity index (χ1v) is 7.85. The van der Waals surface area contributed by atoms with Gasteiger partial charge in [0, 0.05) is 25.2 Å². The van der Waals surface area contributed by atoms with Crippen molar-refractivity contribution in [2.45, 2.75) is 39.2 Å². The number of pyridine rings is 1. The first-order valence-electron chi connectivity index (χ1n) is 7.85. The Morgan fingerprint density at radius 1 is 1.52 bits per heavy atom. The Morgan fingerprint density at radius 2 is 2.30 bits per heavy atom. The van der Waals surface area contributed by atoms with Crippen LogP contribution in [0.1, 0.15) is 39.2 Å². The second-order valence-electron chi connectivity index (χ2n) is 6.71. The smallest absolute Gasteiger partial charge is 0.410 e. The zero-order valence-electron chi connectivity index (χ0n) is 13.9. The molecule has 1 amide bonds. The molecule has 0 N–H and O–H groups in total. The summed E-state index contributed by atoms with van der Waals surface area (Å²) in [5.74, 6) is 0.564. The van der Waals surface area contributed by atoms with Gasteiger partial charge in [0.05, 0.1) is 6.61 Å². The lowest BCUT2D eigenvalue weighted by Gasteiger charge is -2.33. The van der Waals surface area contributed by atoms with Crippen LogP contribution in [0.15, 0.2) is 18.3 Å². The Labute approximate surface area is 137 Å². The molecule has 124 valence electrons. The highest BCUT2D eigenvalue weighted by atomic mass is 16.6. The van der Waals surface area contributed by atoms with E-state index in [-0.39, 0.29) is 12.0 Å². The number of carbonyl (C=O) groups is 1. The summed E-state index contributed by atoms with van der Waals surface area (Å²) in [6, 6.07) is 5.45. The van der Waals surface area contributed by atoms with E-state index in [1.165, 1.54) is 0 Å². The van der Waals surface area contributed by atoms with E-state index < -0.39 is 5.60 Å². The van der Waals surface area contributed by atoms with E-state index in [9.17, 15) is 4.79 Å². The molecule has 6 heteroatoms. The zero-order chi connectivity index (χ0) is 16.9. The average molecular weight is 317 g/mol. The predicted octanol–water partition coefficient (Wildman–Crippen LogP) is 2.98. The van der Waals surface area contributed by atoms with E-state index in [2.05, 4.69) is 11.1 Å². The average Bonchev–Trinajstić information content (AvgIpc) is 2.52. The topological polar surface area (TPSA) is 75.4 Å². The van der Waals surface area contributed by atoms with Gasteiger partial charge in [0.25, 0.3) is 0 Å². The van der Waals surface area contributed by atoms with Gasteiger partial charge in [-0.1, -0.05) is 0 Å². The van der Waals surface area contributed by atoms with E-state index in [1.807, 2.05) is 20.8 Å². The Morgan fingerprint density at radius 3 is 3.00 bits per heavy atom. The van der Waals surface area contributed by atoms with E-state index in [0.717, 1.165) is 12.8 Å². The van der Waals surface area contributed by atoms with Crippen molar-refractivity contribution in [2.24, 2.45) is 5.92 Å². The van der Waals surface area contributed by atoms with Crippen molar-refractivity contribution in [2.75, 3.05) is 19.7 Å². The van der Waals surface area contributed by atoms with Gasteiger partial charge in [-0.25, -0.2) is 9.78 Å². The fourth-order valence-corrected chi connectivity index (χ4v) is 2.48. The van der Waals surface area contributed by atoms with Crippen LogP contribution >= 0.6 is 0 Å². The van der Waals surface area contributed by atoms with Gasteiger partial charge >= 0.3 is 6.09 Å². The van der Waals surface area contributed by atoms with Gasteiger partial charge < -0.3 is 14.4 Å². The molecule has 1 saturated heterocycles. The van der Waals surface area contributed by atoms with Gasteiger partial charge in [-0.05, 0) is 45.7 Å². The largest absolute Gasteiger partial charge is 0.476 e. The van der Waals surface area contributed by atoms with Crippen molar-refractivity contribution in [3.05, 3.63) is 23.9 Å². The van der Waals surface area contributed by atoms with Gasteiger partial charge in [-0.2, -0.15) is 5.26 Å². The molecule has 0 spiro atoms. The number of piperidine rings is 1. The Bertz CT molecular complexity index is 589. The molecular formula is C17H23N3O3. The van der Waals surface area contributed by atoms with Crippen molar-refractivity contribution >= 4 is 6.09 Å². The first-order chi connectivity index (χ1) is 10.9. The van der Waals surface area contributed by atoms with Crippen LogP contribution in [0.5, 0.6) is 5.88 Å². The molecule has 6 nitrogen and oxygen atoms in total. The summed E-state index contributed by atoms with van der Waals surface area (Å²) in [6.07, 6.45) is 3.22. The SMILES string of the molecule is CC(C)(C)OC(=O)N1CCCC(COc2ncccc2C#N)C1. The van der Waals surface area contributed by atoms with Crippen LogP contribution in [0.3, 0.4) is 0 Å². The fraction of sp³-hybridized carbons (Fsp3) is 0.588. The number of hydrogen-bond donors (Lipinski definition) is 0. The first kappa shape index (κ1) is 17.1. The molecule has 1 fully saturated rings. The maximum absolute atomic E-state index is 12.1. The Hall–Kier alpha value is -2.29.